The zero-order valence-electron chi connectivity index (χ0n) is 18.0. The lowest BCUT2D eigenvalue weighted by atomic mass is 9.97. The van der Waals surface area contributed by atoms with Crippen LogP contribution in [0.5, 0.6) is 0 Å². The molecular weight excluding hydrogens is 414 g/mol. The minimum Gasteiger partial charge on any atom is -0.339 e. The van der Waals surface area contributed by atoms with E-state index in [0.717, 1.165) is 53.7 Å². The molecule has 0 unspecified atom stereocenters. The molecule has 0 radical (unpaired) electrons. The van der Waals surface area contributed by atoms with E-state index < -0.39 is 0 Å². The normalized spacial score (nSPS) is 19.7. The minimum absolute atomic E-state index is 0.206. The summed E-state index contributed by atoms with van der Waals surface area (Å²) in [7, 11) is 0. The Morgan fingerprint density at radius 2 is 2.03 bits per heavy atom. The zero-order valence-corrected chi connectivity index (χ0v) is 19.6. The van der Waals surface area contributed by atoms with Crippen LogP contribution < -0.4 is 0 Å². The highest BCUT2D eigenvalue weighted by atomic mass is 32.2. The summed E-state index contributed by atoms with van der Waals surface area (Å²) in [5, 5.41) is 11.1. The Hall–Kier alpha value is -1.67. The summed E-state index contributed by atoms with van der Waals surface area (Å²) in [6.45, 7) is 7.36. The molecule has 160 valence electrons. The second-order valence-corrected chi connectivity index (χ2v) is 10.9. The third kappa shape index (κ3) is 3.42. The van der Waals surface area contributed by atoms with E-state index in [1.165, 1.54) is 46.9 Å². The van der Waals surface area contributed by atoms with Crippen LogP contribution in [0.1, 0.15) is 75.1 Å². The van der Waals surface area contributed by atoms with E-state index in [-0.39, 0.29) is 11.8 Å². The lowest BCUT2D eigenvalue weighted by molar-refractivity contribution is -0.131. The Labute approximate surface area is 185 Å². The van der Waals surface area contributed by atoms with Gasteiger partial charge < -0.3 is 4.90 Å². The number of hydrogen-bond acceptors (Lipinski definition) is 6. The fraction of sp³-hybridized carbons (Fsp3) is 0.636. The first kappa shape index (κ1) is 20.2. The predicted octanol–water partition coefficient (Wildman–Crippen LogP) is 4.83. The first-order chi connectivity index (χ1) is 14.5. The Bertz CT molecular complexity index is 1100. The number of likely N-dealkylation sites (tertiary alicyclic amines) is 1. The van der Waals surface area contributed by atoms with E-state index in [1.54, 1.807) is 0 Å². The lowest BCUT2D eigenvalue weighted by Crippen LogP contribution is -2.42. The van der Waals surface area contributed by atoms with Gasteiger partial charge >= 0.3 is 0 Å². The number of rotatable bonds is 4. The van der Waals surface area contributed by atoms with Crippen molar-refractivity contribution in [3.63, 3.8) is 0 Å². The first-order valence-electron chi connectivity index (χ1n) is 11.2. The number of hydrogen-bond donors (Lipinski definition) is 0. The molecule has 1 aliphatic heterocycles. The summed E-state index contributed by atoms with van der Waals surface area (Å²) in [6, 6.07) is 0.340. The molecular formula is C22H29N5OS2. The minimum atomic E-state index is 0.206. The van der Waals surface area contributed by atoms with Crippen molar-refractivity contribution in [3.8, 4) is 0 Å². The summed E-state index contributed by atoms with van der Waals surface area (Å²) in [4.78, 5) is 22.5. The highest BCUT2D eigenvalue weighted by Crippen LogP contribution is 2.39. The summed E-state index contributed by atoms with van der Waals surface area (Å²) >= 11 is 3.33. The Balaban J connectivity index is 1.52. The van der Waals surface area contributed by atoms with Crippen LogP contribution in [0.15, 0.2) is 5.16 Å². The monoisotopic (exact) mass is 443 g/mol. The van der Waals surface area contributed by atoms with Crippen molar-refractivity contribution in [3.05, 3.63) is 16.3 Å². The summed E-state index contributed by atoms with van der Waals surface area (Å²) in [5.41, 5.74) is 2.35. The number of fused-ring (bicyclic) bond motifs is 5. The molecule has 1 atom stereocenters. The number of nitrogens with zero attached hydrogens (tertiary/aromatic N) is 5. The summed E-state index contributed by atoms with van der Waals surface area (Å²) in [6.07, 6.45) is 8.18. The SMILES string of the molecule is CC(C)c1nc2sc3c(c2c2nnc(SCC(=O)N4CCCC[C@@H]4C)n12)CCCC3. The fourth-order valence-electron chi connectivity index (χ4n) is 4.81. The number of carbonyl (C=O) groups is 1. The number of amides is 1. The van der Waals surface area contributed by atoms with Crippen LogP contribution in [0.4, 0.5) is 0 Å². The van der Waals surface area contributed by atoms with E-state index >= 15 is 0 Å². The third-order valence-corrected chi connectivity index (χ3v) is 8.52. The number of aryl methyl sites for hydroxylation is 2. The van der Waals surface area contributed by atoms with Crippen LogP contribution >= 0.6 is 23.1 Å². The maximum absolute atomic E-state index is 12.9. The molecule has 3 aromatic rings. The van der Waals surface area contributed by atoms with Crippen LogP contribution in [0, 0.1) is 0 Å². The molecule has 0 saturated carbocycles. The molecule has 4 heterocycles. The van der Waals surface area contributed by atoms with Crippen molar-refractivity contribution in [1.29, 1.82) is 0 Å². The van der Waals surface area contributed by atoms with Gasteiger partial charge in [-0.05, 0) is 57.4 Å². The standard InChI is InChI=1S/C22H29N5OS2/c1-13(2)19-23-21-18(15-9-4-5-10-16(15)30-21)20-24-25-22(27(19)20)29-12-17(28)26-11-7-6-8-14(26)3/h13-14H,4-12H2,1-3H3/t14-/m0/s1. The highest BCUT2D eigenvalue weighted by Gasteiger charge is 2.26. The number of aromatic nitrogens is 4. The van der Waals surface area contributed by atoms with Gasteiger partial charge in [-0.2, -0.15) is 0 Å². The number of thioether (sulfide) groups is 1. The van der Waals surface area contributed by atoms with Crippen LogP contribution in [-0.4, -0.2) is 48.7 Å². The smallest absolute Gasteiger partial charge is 0.233 e. The van der Waals surface area contributed by atoms with Crippen molar-refractivity contribution in [1.82, 2.24) is 24.5 Å². The average molecular weight is 444 g/mol. The third-order valence-electron chi connectivity index (χ3n) is 6.42. The largest absolute Gasteiger partial charge is 0.339 e. The molecule has 1 aliphatic carbocycles. The van der Waals surface area contributed by atoms with Gasteiger partial charge in [-0.25, -0.2) is 4.98 Å². The number of piperidine rings is 1. The van der Waals surface area contributed by atoms with Gasteiger partial charge in [0.2, 0.25) is 5.91 Å². The summed E-state index contributed by atoms with van der Waals surface area (Å²) in [5.74, 6) is 1.85. The van der Waals surface area contributed by atoms with E-state index in [9.17, 15) is 4.79 Å². The molecule has 3 aromatic heterocycles. The maximum atomic E-state index is 12.9. The molecule has 30 heavy (non-hydrogen) atoms. The van der Waals surface area contributed by atoms with Gasteiger partial charge in [-0.1, -0.05) is 25.6 Å². The summed E-state index contributed by atoms with van der Waals surface area (Å²) < 4.78 is 2.12. The second-order valence-electron chi connectivity index (χ2n) is 8.88. The van der Waals surface area contributed by atoms with Gasteiger partial charge in [0, 0.05) is 23.4 Å². The molecule has 5 rings (SSSR count). The molecule has 0 N–H and O–H groups in total. The average Bonchev–Trinajstić information content (AvgIpc) is 3.32. The Kier molecular flexibility index (Phi) is 5.47. The lowest BCUT2D eigenvalue weighted by Gasteiger charge is -2.33. The predicted molar refractivity (Wildman–Crippen MR) is 123 cm³/mol. The fourth-order valence-corrected chi connectivity index (χ4v) is 6.90. The number of thiophene rings is 1. The molecule has 6 nitrogen and oxygen atoms in total. The molecule has 0 spiro atoms. The van der Waals surface area contributed by atoms with Gasteiger partial charge in [0.1, 0.15) is 10.7 Å². The molecule has 0 aromatic carbocycles. The van der Waals surface area contributed by atoms with Gasteiger partial charge in [-0.15, -0.1) is 21.5 Å². The highest BCUT2D eigenvalue weighted by molar-refractivity contribution is 7.99. The van der Waals surface area contributed by atoms with Gasteiger partial charge in [-0.3, -0.25) is 9.20 Å². The van der Waals surface area contributed by atoms with Crippen LogP contribution in [0.2, 0.25) is 0 Å². The molecule has 8 heteroatoms. The molecule has 1 amide bonds. The van der Waals surface area contributed by atoms with Gasteiger partial charge in [0.25, 0.3) is 0 Å². The second kappa shape index (κ2) is 8.11. The first-order valence-corrected chi connectivity index (χ1v) is 13.0. The Morgan fingerprint density at radius 1 is 1.20 bits per heavy atom. The number of carbonyl (C=O) groups excluding carboxylic acids is 1. The van der Waals surface area contributed by atoms with Crippen LogP contribution in [-0.2, 0) is 17.6 Å². The molecule has 0 bridgehead atoms. The molecule has 2 aliphatic rings. The van der Waals surface area contributed by atoms with E-state index in [4.69, 9.17) is 4.98 Å². The van der Waals surface area contributed by atoms with Crippen molar-refractivity contribution in [2.45, 2.75) is 82.8 Å². The van der Waals surface area contributed by atoms with Crippen molar-refractivity contribution in [2.24, 2.45) is 0 Å². The van der Waals surface area contributed by atoms with Gasteiger partial charge in [0.15, 0.2) is 10.8 Å². The van der Waals surface area contributed by atoms with Crippen LogP contribution in [0.25, 0.3) is 15.9 Å². The zero-order chi connectivity index (χ0) is 20.8. The van der Waals surface area contributed by atoms with E-state index in [2.05, 4.69) is 35.4 Å². The van der Waals surface area contributed by atoms with E-state index in [1.807, 2.05) is 16.2 Å². The molecule has 1 saturated heterocycles. The van der Waals surface area contributed by atoms with Crippen LogP contribution in [0.3, 0.4) is 0 Å². The Morgan fingerprint density at radius 3 is 2.83 bits per heavy atom. The van der Waals surface area contributed by atoms with Gasteiger partial charge in [0.05, 0.1) is 11.1 Å². The van der Waals surface area contributed by atoms with Crippen molar-refractivity contribution in [2.75, 3.05) is 12.3 Å². The quantitative estimate of drug-likeness (QED) is 0.540. The van der Waals surface area contributed by atoms with Crippen molar-refractivity contribution < 1.29 is 4.79 Å². The topological polar surface area (TPSA) is 63.4 Å². The van der Waals surface area contributed by atoms with E-state index in [0.29, 0.717) is 11.8 Å². The maximum Gasteiger partial charge on any atom is 0.233 e. The van der Waals surface area contributed by atoms with Crippen molar-refractivity contribution >= 4 is 44.9 Å². The molecule has 1 fully saturated rings.